The van der Waals surface area contributed by atoms with Gasteiger partial charge in [-0.05, 0) is 43.5 Å². The molecule has 6 heteroatoms. The van der Waals surface area contributed by atoms with E-state index in [1.54, 1.807) is 16.7 Å². The van der Waals surface area contributed by atoms with Gasteiger partial charge in [-0.15, -0.1) is 0 Å². The van der Waals surface area contributed by atoms with E-state index in [0.29, 0.717) is 24.3 Å². The molecule has 0 radical (unpaired) electrons. The molecule has 1 atom stereocenters. The smallest absolute Gasteiger partial charge is 0.253 e. The number of imidazole rings is 1. The molecule has 1 amide bonds. The van der Waals surface area contributed by atoms with Crippen LogP contribution in [0.15, 0.2) is 48.8 Å². The maximum Gasteiger partial charge on any atom is 0.253 e. The summed E-state index contributed by atoms with van der Waals surface area (Å²) in [5, 5.41) is 0. The van der Waals surface area contributed by atoms with Crippen molar-refractivity contribution in [1.29, 1.82) is 0 Å². The highest BCUT2D eigenvalue weighted by Gasteiger charge is 2.23. The van der Waals surface area contributed by atoms with E-state index in [1.807, 2.05) is 29.2 Å². The van der Waals surface area contributed by atoms with Gasteiger partial charge in [0.15, 0.2) is 0 Å². The Bertz CT molecular complexity index is 979. The van der Waals surface area contributed by atoms with Crippen LogP contribution in [0.1, 0.15) is 36.5 Å². The topological polar surface area (TPSA) is 46.8 Å². The summed E-state index contributed by atoms with van der Waals surface area (Å²) >= 11 is 0. The van der Waals surface area contributed by atoms with Gasteiger partial charge in [-0.3, -0.25) is 9.20 Å². The van der Waals surface area contributed by atoms with Gasteiger partial charge in [0, 0.05) is 37.0 Å². The van der Waals surface area contributed by atoms with Crippen molar-refractivity contribution >= 4 is 11.6 Å². The predicted octanol–water partition coefficient (Wildman–Crippen LogP) is 4.17. The fourth-order valence-electron chi connectivity index (χ4n) is 3.74. The lowest BCUT2D eigenvalue weighted by molar-refractivity contribution is 0.0526. The minimum atomic E-state index is -0.329. The van der Waals surface area contributed by atoms with Crippen molar-refractivity contribution in [3.8, 4) is 11.3 Å². The quantitative estimate of drug-likeness (QED) is 0.644. The Kier molecular flexibility index (Phi) is 5.39. The summed E-state index contributed by atoms with van der Waals surface area (Å²) in [6.45, 7) is 4.17. The van der Waals surface area contributed by atoms with Crippen LogP contribution in [0.3, 0.4) is 0 Å². The van der Waals surface area contributed by atoms with Crippen molar-refractivity contribution in [2.75, 3.05) is 19.7 Å². The summed E-state index contributed by atoms with van der Waals surface area (Å²) in [5.41, 5.74) is 2.87. The van der Waals surface area contributed by atoms with Gasteiger partial charge in [-0.25, -0.2) is 9.37 Å². The Balaban J connectivity index is 1.63. The molecule has 28 heavy (non-hydrogen) atoms. The Morgan fingerprint density at radius 2 is 2.25 bits per heavy atom. The number of ether oxygens (including phenoxy) is 1. The summed E-state index contributed by atoms with van der Waals surface area (Å²) in [5.74, 6) is -0.330. The predicted molar refractivity (Wildman–Crippen MR) is 106 cm³/mol. The lowest BCUT2D eigenvalue weighted by Gasteiger charge is -2.25. The molecule has 1 aromatic carbocycles. The molecule has 1 fully saturated rings. The number of benzene rings is 1. The fraction of sp³-hybridized carbons (Fsp3) is 0.364. The second kappa shape index (κ2) is 8.10. The van der Waals surface area contributed by atoms with Crippen LogP contribution in [-0.4, -0.2) is 46.0 Å². The third-order valence-corrected chi connectivity index (χ3v) is 5.10. The molecule has 1 saturated heterocycles. The van der Waals surface area contributed by atoms with Crippen LogP contribution in [0.25, 0.3) is 16.9 Å². The van der Waals surface area contributed by atoms with E-state index in [1.165, 1.54) is 12.3 Å². The molecule has 0 saturated carbocycles. The number of carbonyl (C=O) groups excluding carboxylic acids is 1. The SMILES string of the molecule is CCCN(C[C@H]1CCCO1)C(=O)c1cccc(-c2cnc3ccc(F)cn23)c1. The first kappa shape index (κ1) is 18.6. The van der Waals surface area contributed by atoms with Crippen LogP contribution in [0, 0.1) is 5.82 Å². The maximum atomic E-state index is 13.7. The fourth-order valence-corrected chi connectivity index (χ4v) is 3.74. The lowest BCUT2D eigenvalue weighted by Crippen LogP contribution is -2.37. The lowest BCUT2D eigenvalue weighted by atomic mass is 10.1. The molecule has 0 spiro atoms. The Labute approximate surface area is 163 Å². The molecule has 5 nitrogen and oxygen atoms in total. The van der Waals surface area contributed by atoms with Gasteiger partial charge < -0.3 is 9.64 Å². The van der Waals surface area contributed by atoms with E-state index in [9.17, 15) is 9.18 Å². The second-order valence-electron chi connectivity index (χ2n) is 7.19. The van der Waals surface area contributed by atoms with Crippen molar-refractivity contribution in [1.82, 2.24) is 14.3 Å². The van der Waals surface area contributed by atoms with E-state index < -0.39 is 0 Å². The minimum absolute atomic E-state index is 0.000739. The van der Waals surface area contributed by atoms with Crippen molar-refractivity contribution in [3.05, 3.63) is 60.2 Å². The summed E-state index contributed by atoms with van der Waals surface area (Å²) in [6.07, 6.45) is 6.19. The Morgan fingerprint density at radius 3 is 3.04 bits per heavy atom. The van der Waals surface area contributed by atoms with Gasteiger partial charge in [0.05, 0.1) is 18.0 Å². The van der Waals surface area contributed by atoms with Crippen molar-refractivity contribution in [2.45, 2.75) is 32.3 Å². The highest BCUT2D eigenvalue weighted by atomic mass is 19.1. The number of carbonyl (C=O) groups is 1. The summed E-state index contributed by atoms with van der Waals surface area (Å²) in [4.78, 5) is 19.4. The zero-order chi connectivity index (χ0) is 19.5. The van der Waals surface area contributed by atoms with Crippen LogP contribution in [0.5, 0.6) is 0 Å². The number of hydrogen-bond donors (Lipinski definition) is 0. The molecule has 3 aromatic rings. The van der Waals surface area contributed by atoms with Gasteiger partial charge in [-0.2, -0.15) is 0 Å². The largest absolute Gasteiger partial charge is 0.376 e. The van der Waals surface area contributed by atoms with Crippen molar-refractivity contribution < 1.29 is 13.9 Å². The molecule has 3 heterocycles. The Morgan fingerprint density at radius 1 is 1.36 bits per heavy atom. The average molecular weight is 381 g/mol. The first-order valence-corrected chi connectivity index (χ1v) is 9.79. The number of rotatable bonds is 6. The maximum absolute atomic E-state index is 13.7. The highest BCUT2D eigenvalue weighted by Crippen LogP contribution is 2.23. The molecule has 0 aliphatic carbocycles. The van der Waals surface area contributed by atoms with Gasteiger partial charge in [0.1, 0.15) is 11.5 Å². The highest BCUT2D eigenvalue weighted by molar-refractivity contribution is 5.95. The first-order valence-electron chi connectivity index (χ1n) is 9.79. The van der Waals surface area contributed by atoms with Gasteiger partial charge in [-0.1, -0.05) is 19.1 Å². The van der Waals surface area contributed by atoms with Crippen LogP contribution in [0.4, 0.5) is 4.39 Å². The number of nitrogens with zero attached hydrogens (tertiary/aromatic N) is 3. The number of aromatic nitrogens is 2. The normalized spacial score (nSPS) is 16.6. The number of pyridine rings is 1. The van der Waals surface area contributed by atoms with Gasteiger partial charge >= 0.3 is 0 Å². The molecule has 2 aromatic heterocycles. The molecule has 0 unspecified atom stereocenters. The van der Waals surface area contributed by atoms with Crippen LogP contribution >= 0.6 is 0 Å². The van der Waals surface area contributed by atoms with E-state index >= 15 is 0 Å². The first-order chi connectivity index (χ1) is 13.7. The van der Waals surface area contributed by atoms with E-state index in [4.69, 9.17) is 4.74 Å². The average Bonchev–Trinajstić information content (AvgIpc) is 3.36. The number of hydrogen-bond acceptors (Lipinski definition) is 3. The zero-order valence-electron chi connectivity index (χ0n) is 16.0. The number of halogens is 1. The molecule has 0 bridgehead atoms. The van der Waals surface area contributed by atoms with E-state index in [2.05, 4.69) is 11.9 Å². The van der Waals surface area contributed by atoms with E-state index in [-0.39, 0.29) is 17.8 Å². The molecule has 0 N–H and O–H groups in total. The van der Waals surface area contributed by atoms with Gasteiger partial charge in [0.25, 0.3) is 5.91 Å². The third-order valence-electron chi connectivity index (χ3n) is 5.10. The number of fused-ring (bicyclic) bond motifs is 1. The van der Waals surface area contributed by atoms with Crippen molar-refractivity contribution in [2.24, 2.45) is 0 Å². The molecular weight excluding hydrogens is 357 g/mol. The summed E-state index contributed by atoms with van der Waals surface area (Å²) < 4.78 is 21.1. The monoisotopic (exact) mass is 381 g/mol. The molecule has 1 aliphatic heterocycles. The van der Waals surface area contributed by atoms with Gasteiger partial charge in [0.2, 0.25) is 0 Å². The minimum Gasteiger partial charge on any atom is -0.376 e. The molecule has 4 rings (SSSR count). The van der Waals surface area contributed by atoms with Crippen LogP contribution in [-0.2, 0) is 4.74 Å². The van der Waals surface area contributed by atoms with Crippen molar-refractivity contribution in [3.63, 3.8) is 0 Å². The van der Waals surface area contributed by atoms with Crippen LogP contribution < -0.4 is 0 Å². The standard InChI is InChI=1S/C22H24FN3O2/c1-2-10-25(15-19-7-4-11-28-19)22(27)17-6-3-5-16(12-17)20-13-24-21-9-8-18(23)14-26(20)21/h3,5-6,8-9,12-14,19H,2,4,7,10-11,15H2,1H3/t19-/m1/s1. The van der Waals surface area contributed by atoms with E-state index in [0.717, 1.165) is 37.1 Å². The molecule has 1 aliphatic rings. The van der Waals surface area contributed by atoms with Crippen LogP contribution in [0.2, 0.25) is 0 Å². The summed E-state index contributed by atoms with van der Waals surface area (Å²) in [7, 11) is 0. The second-order valence-corrected chi connectivity index (χ2v) is 7.19. The summed E-state index contributed by atoms with van der Waals surface area (Å²) in [6, 6.07) is 10.5. The molecular formula is C22H24FN3O2. The zero-order valence-corrected chi connectivity index (χ0v) is 16.0. The Hall–Kier alpha value is -2.73. The number of amides is 1. The molecule has 146 valence electrons. The third kappa shape index (κ3) is 3.78.